The minimum atomic E-state index is 0.660. The predicted octanol–water partition coefficient (Wildman–Crippen LogP) is 13.4. The minimum absolute atomic E-state index is 0.660. The number of rotatable bonds is 2. The molecule has 0 bridgehead atoms. The molecule has 0 saturated heterocycles. The van der Waals surface area contributed by atoms with Crippen LogP contribution in [-0.2, 0) is 0 Å². The van der Waals surface area contributed by atoms with E-state index in [0.717, 1.165) is 44.0 Å². The first kappa shape index (κ1) is 29.8. The zero-order valence-electron chi connectivity index (χ0n) is 30.1. The molecule has 0 aliphatic carbocycles. The van der Waals surface area contributed by atoms with Gasteiger partial charge in [-0.3, -0.25) is 4.57 Å². The Morgan fingerprint density at radius 1 is 0.339 bits per heavy atom. The summed E-state index contributed by atoms with van der Waals surface area (Å²) >= 11 is 0. The maximum absolute atomic E-state index is 5.53. The summed E-state index contributed by atoms with van der Waals surface area (Å²) in [6.07, 6.45) is 0. The van der Waals surface area contributed by atoms with Gasteiger partial charge in [-0.15, -0.1) is 0 Å². The van der Waals surface area contributed by atoms with Crippen molar-refractivity contribution >= 4 is 76.1 Å². The average molecular weight is 711 g/mol. The van der Waals surface area contributed by atoms with Gasteiger partial charge in [0.1, 0.15) is 0 Å². The van der Waals surface area contributed by atoms with Crippen LogP contribution in [0, 0.1) is 0 Å². The SMILES string of the molecule is c1ccc2c(c1)-c1ccccc1-n1c3cc4c5ccccc5n(-c5nc(-c6ccc7ccccc7c6)c6ccc7ccccc7c6n5)c4cc3c3cccc-2c31. The molecule has 0 amide bonds. The van der Waals surface area contributed by atoms with Gasteiger partial charge in [-0.25, -0.2) is 9.97 Å². The van der Waals surface area contributed by atoms with E-state index in [1.165, 1.54) is 71.3 Å². The van der Waals surface area contributed by atoms with Gasteiger partial charge >= 0.3 is 0 Å². The van der Waals surface area contributed by atoms with Gasteiger partial charge in [0, 0.05) is 49.0 Å². The molecule has 4 heterocycles. The standard InChI is InChI=1S/C52H30N4/c1-2-14-33-28-34(25-24-31(33)12-1)49-42-27-26-32-13-3-4-15-35(32)50(42)54-52(53-49)56-46-23-10-8-19-39(46)43-29-47-44(30-48(43)56)41-21-11-20-40-37-17-6-5-16-36(37)38-18-7-9-22-45(38)55(47)51(40)41/h1-30H. The first-order valence-electron chi connectivity index (χ1n) is 19.2. The molecule has 0 N–H and O–H groups in total. The summed E-state index contributed by atoms with van der Waals surface area (Å²) in [6.45, 7) is 0. The summed E-state index contributed by atoms with van der Waals surface area (Å²) in [5, 5.41) is 10.5. The van der Waals surface area contributed by atoms with Crippen LogP contribution in [0.3, 0.4) is 0 Å². The van der Waals surface area contributed by atoms with Crippen LogP contribution in [0.4, 0.5) is 0 Å². The van der Waals surface area contributed by atoms with E-state index in [2.05, 4.69) is 191 Å². The lowest BCUT2D eigenvalue weighted by molar-refractivity contribution is 1.02. The van der Waals surface area contributed by atoms with Crippen LogP contribution in [0.15, 0.2) is 182 Å². The van der Waals surface area contributed by atoms with Crippen molar-refractivity contribution in [2.45, 2.75) is 0 Å². The fourth-order valence-electron chi connectivity index (χ4n) is 9.57. The summed E-state index contributed by atoms with van der Waals surface area (Å²) in [5.41, 5.74) is 13.7. The lowest BCUT2D eigenvalue weighted by Crippen LogP contribution is -2.04. The molecule has 0 unspecified atom stereocenters. The Hall–Kier alpha value is -7.56. The van der Waals surface area contributed by atoms with Crippen molar-refractivity contribution in [2.24, 2.45) is 0 Å². The van der Waals surface area contributed by atoms with Crippen molar-refractivity contribution in [3.63, 3.8) is 0 Å². The van der Waals surface area contributed by atoms with E-state index in [4.69, 9.17) is 9.97 Å². The molecular formula is C52H30N4. The van der Waals surface area contributed by atoms with E-state index in [-0.39, 0.29) is 0 Å². The quantitative estimate of drug-likeness (QED) is 0.167. The number of fused-ring (bicyclic) bond motifs is 15. The largest absolute Gasteiger partial charge is 0.308 e. The zero-order valence-corrected chi connectivity index (χ0v) is 30.1. The second-order valence-corrected chi connectivity index (χ2v) is 15.0. The molecule has 12 aromatic rings. The summed E-state index contributed by atoms with van der Waals surface area (Å²) in [6, 6.07) is 66.0. The number of aromatic nitrogens is 4. The van der Waals surface area contributed by atoms with Crippen molar-refractivity contribution in [1.29, 1.82) is 0 Å². The number of hydrogen-bond donors (Lipinski definition) is 0. The van der Waals surface area contributed by atoms with Crippen LogP contribution < -0.4 is 0 Å². The molecule has 1 aliphatic rings. The molecular weight excluding hydrogens is 681 g/mol. The molecule has 0 radical (unpaired) electrons. The van der Waals surface area contributed by atoms with Crippen LogP contribution in [-0.4, -0.2) is 19.1 Å². The second kappa shape index (κ2) is 11.0. The zero-order chi connectivity index (χ0) is 36.5. The van der Waals surface area contributed by atoms with Gasteiger partial charge in [0.25, 0.3) is 0 Å². The summed E-state index contributed by atoms with van der Waals surface area (Å²) in [4.78, 5) is 11.0. The minimum Gasteiger partial charge on any atom is -0.308 e. The molecule has 56 heavy (non-hydrogen) atoms. The van der Waals surface area contributed by atoms with E-state index >= 15 is 0 Å². The highest BCUT2D eigenvalue weighted by Crippen LogP contribution is 2.48. The summed E-state index contributed by atoms with van der Waals surface area (Å²) in [5.74, 6) is 0.660. The lowest BCUT2D eigenvalue weighted by Gasteiger charge is -2.14. The summed E-state index contributed by atoms with van der Waals surface area (Å²) in [7, 11) is 0. The Kier molecular flexibility index (Phi) is 5.86. The average Bonchev–Trinajstić information content (AvgIpc) is 3.72. The van der Waals surface area contributed by atoms with E-state index in [0.29, 0.717) is 5.95 Å². The molecule has 0 atom stereocenters. The topological polar surface area (TPSA) is 35.6 Å². The van der Waals surface area contributed by atoms with Crippen molar-refractivity contribution in [3.8, 4) is 45.1 Å². The molecule has 4 heteroatoms. The summed E-state index contributed by atoms with van der Waals surface area (Å²) < 4.78 is 4.79. The van der Waals surface area contributed by atoms with E-state index in [1.54, 1.807) is 0 Å². The fraction of sp³-hybridized carbons (Fsp3) is 0. The van der Waals surface area contributed by atoms with Crippen molar-refractivity contribution in [3.05, 3.63) is 182 Å². The van der Waals surface area contributed by atoms with E-state index < -0.39 is 0 Å². The third-order valence-electron chi connectivity index (χ3n) is 12.0. The molecule has 3 aromatic heterocycles. The van der Waals surface area contributed by atoms with Crippen molar-refractivity contribution in [2.75, 3.05) is 0 Å². The maximum Gasteiger partial charge on any atom is 0.235 e. The van der Waals surface area contributed by atoms with Gasteiger partial charge in [-0.05, 0) is 63.7 Å². The second-order valence-electron chi connectivity index (χ2n) is 15.0. The number of hydrogen-bond acceptors (Lipinski definition) is 2. The van der Waals surface area contributed by atoms with Crippen molar-refractivity contribution < 1.29 is 0 Å². The highest BCUT2D eigenvalue weighted by molar-refractivity contribution is 6.22. The van der Waals surface area contributed by atoms with Crippen LogP contribution in [0.2, 0.25) is 0 Å². The van der Waals surface area contributed by atoms with Crippen LogP contribution in [0.1, 0.15) is 0 Å². The Bertz CT molecular complexity index is 3660. The van der Waals surface area contributed by atoms with Crippen LogP contribution >= 0.6 is 0 Å². The smallest absolute Gasteiger partial charge is 0.235 e. The van der Waals surface area contributed by atoms with Gasteiger partial charge in [-0.1, -0.05) is 146 Å². The van der Waals surface area contributed by atoms with E-state index in [9.17, 15) is 0 Å². The van der Waals surface area contributed by atoms with Gasteiger partial charge < -0.3 is 4.57 Å². The maximum atomic E-state index is 5.53. The van der Waals surface area contributed by atoms with E-state index in [1.807, 2.05) is 0 Å². The molecule has 4 nitrogen and oxygen atoms in total. The highest BCUT2D eigenvalue weighted by atomic mass is 15.2. The molecule has 9 aromatic carbocycles. The molecule has 1 aliphatic heterocycles. The Morgan fingerprint density at radius 2 is 0.964 bits per heavy atom. The lowest BCUT2D eigenvalue weighted by atomic mass is 9.94. The number of nitrogens with zero attached hydrogens (tertiary/aromatic N) is 4. The first-order chi connectivity index (χ1) is 27.8. The molecule has 0 saturated carbocycles. The Morgan fingerprint density at radius 3 is 1.84 bits per heavy atom. The number of para-hydroxylation sites is 3. The third-order valence-corrected chi connectivity index (χ3v) is 12.0. The molecule has 258 valence electrons. The van der Waals surface area contributed by atoms with Crippen LogP contribution in [0.25, 0.3) is 121 Å². The van der Waals surface area contributed by atoms with Gasteiger partial charge in [-0.2, -0.15) is 0 Å². The Labute approximate surface area is 321 Å². The predicted molar refractivity (Wildman–Crippen MR) is 233 cm³/mol. The Balaban J connectivity index is 1.17. The van der Waals surface area contributed by atoms with Gasteiger partial charge in [0.15, 0.2) is 0 Å². The van der Waals surface area contributed by atoms with Gasteiger partial charge in [0.2, 0.25) is 5.95 Å². The molecule has 0 fully saturated rings. The third kappa shape index (κ3) is 3.97. The monoisotopic (exact) mass is 710 g/mol. The number of benzene rings is 9. The normalized spacial score (nSPS) is 12.3. The van der Waals surface area contributed by atoms with Gasteiger partial charge in [0.05, 0.1) is 39.0 Å². The molecule has 13 rings (SSSR count). The highest BCUT2D eigenvalue weighted by Gasteiger charge is 2.26. The first-order valence-corrected chi connectivity index (χ1v) is 19.2. The van der Waals surface area contributed by atoms with Crippen molar-refractivity contribution in [1.82, 2.24) is 19.1 Å². The van der Waals surface area contributed by atoms with Crippen LogP contribution in [0.5, 0.6) is 0 Å². The fourth-order valence-corrected chi connectivity index (χ4v) is 9.57. The molecule has 0 spiro atoms.